The van der Waals surface area contributed by atoms with E-state index in [9.17, 15) is 0 Å². The maximum Gasteiger partial charge on any atom is 0.209 e. The molecule has 0 saturated carbocycles. The highest BCUT2D eigenvalue weighted by atomic mass is 35.6. The molecule has 0 amide bonds. The highest BCUT2D eigenvalue weighted by Gasteiger charge is 2.42. The third-order valence-corrected chi connectivity index (χ3v) is 6.88. The molecular formula is C11H17Cl3S2. The molecular weight excluding hydrogens is 303 g/mol. The van der Waals surface area contributed by atoms with Gasteiger partial charge < -0.3 is 0 Å². The van der Waals surface area contributed by atoms with Crippen molar-refractivity contribution in [3.05, 3.63) is 12.2 Å². The van der Waals surface area contributed by atoms with E-state index < -0.39 is 3.79 Å². The summed E-state index contributed by atoms with van der Waals surface area (Å²) in [4.78, 5) is 0. The minimum Gasteiger partial charge on any atom is -0.139 e. The van der Waals surface area contributed by atoms with Crippen molar-refractivity contribution in [2.45, 2.75) is 35.1 Å². The van der Waals surface area contributed by atoms with E-state index in [4.69, 9.17) is 34.8 Å². The summed E-state index contributed by atoms with van der Waals surface area (Å²) in [5.74, 6) is 2.35. The molecule has 1 saturated heterocycles. The van der Waals surface area contributed by atoms with Crippen molar-refractivity contribution < 1.29 is 0 Å². The van der Waals surface area contributed by atoms with Crippen LogP contribution in [0.3, 0.4) is 0 Å². The second-order valence-corrected chi connectivity index (χ2v) is 10.2. The number of allylic oxidation sites excluding steroid dienone is 1. The van der Waals surface area contributed by atoms with E-state index >= 15 is 0 Å². The smallest absolute Gasteiger partial charge is 0.139 e. The fraction of sp³-hybridized carbons (Fsp3) is 0.818. The van der Waals surface area contributed by atoms with Crippen molar-refractivity contribution in [3.8, 4) is 0 Å². The van der Waals surface area contributed by atoms with Crippen molar-refractivity contribution in [3.63, 3.8) is 0 Å². The summed E-state index contributed by atoms with van der Waals surface area (Å²) in [5.41, 5.74) is 0.148. The molecule has 0 aromatic heterocycles. The van der Waals surface area contributed by atoms with Gasteiger partial charge in [0.05, 0.1) is 4.08 Å². The molecule has 1 fully saturated rings. The number of hydrogen-bond acceptors (Lipinski definition) is 2. The summed E-state index contributed by atoms with van der Waals surface area (Å²) in [7, 11) is 0. The Bertz CT molecular complexity index is 257. The Morgan fingerprint density at radius 1 is 1.06 bits per heavy atom. The topological polar surface area (TPSA) is 0 Å². The molecule has 0 aromatic rings. The number of thioether (sulfide) groups is 2. The van der Waals surface area contributed by atoms with Crippen LogP contribution in [-0.4, -0.2) is 19.4 Å². The first-order valence-electron chi connectivity index (χ1n) is 5.21. The van der Waals surface area contributed by atoms with Crippen LogP contribution >= 0.6 is 58.3 Å². The Labute approximate surface area is 122 Å². The first-order chi connectivity index (χ1) is 7.16. The lowest BCUT2D eigenvalue weighted by atomic mass is 9.90. The third-order valence-electron chi connectivity index (χ3n) is 2.46. The molecule has 0 unspecified atom stereocenters. The number of hydrogen-bond donors (Lipinski definition) is 0. The van der Waals surface area contributed by atoms with Crippen LogP contribution in [0.15, 0.2) is 12.2 Å². The summed E-state index contributed by atoms with van der Waals surface area (Å²) < 4.78 is -1.27. The van der Waals surface area contributed by atoms with Crippen molar-refractivity contribution >= 4 is 58.3 Å². The van der Waals surface area contributed by atoms with Crippen LogP contribution < -0.4 is 0 Å². The average molecular weight is 320 g/mol. The predicted octanol–water partition coefficient (Wildman–Crippen LogP) is 5.53. The molecule has 0 aliphatic carbocycles. The lowest BCUT2D eigenvalue weighted by Crippen LogP contribution is -2.37. The number of halogens is 3. The molecule has 0 aromatic carbocycles. The van der Waals surface area contributed by atoms with Crippen LogP contribution in [0.4, 0.5) is 0 Å². The standard InChI is InChI=1S/C11H17Cl3S2/c1-9(2,3)10(5-6-11(12,13)14)15-7-4-8-16-10/h5-6H,4,7-8H2,1-3H3/b6-5+. The Hall–Kier alpha value is 1.31. The lowest BCUT2D eigenvalue weighted by Gasteiger charge is -2.44. The largest absolute Gasteiger partial charge is 0.209 e. The zero-order valence-electron chi connectivity index (χ0n) is 9.73. The first-order valence-corrected chi connectivity index (χ1v) is 8.32. The molecule has 1 heterocycles. The second kappa shape index (κ2) is 5.52. The molecule has 16 heavy (non-hydrogen) atoms. The summed E-state index contributed by atoms with van der Waals surface area (Å²) >= 11 is 21.3. The summed E-state index contributed by atoms with van der Waals surface area (Å²) in [6, 6.07) is 0. The summed E-state index contributed by atoms with van der Waals surface area (Å²) in [6.45, 7) is 6.71. The molecule has 0 N–H and O–H groups in total. The van der Waals surface area contributed by atoms with Gasteiger partial charge in [-0.05, 0) is 29.4 Å². The SMILES string of the molecule is CC(C)(C)C1(/C=C/C(Cl)(Cl)Cl)SCCCS1. The van der Waals surface area contributed by atoms with Gasteiger partial charge in [0.2, 0.25) is 3.79 Å². The van der Waals surface area contributed by atoms with E-state index in [-0.39, 0.29) is 9.49 Å². The van der Waals surface area contributed by atoms with Crippen LogP contribution in [0.1, 0.15) is 27.2 Å². The van der Waals surface area contributed by atoms with E-state index in [0.717, 1.165) is 0 Å². The molecule has 5 heteroatoms. The third kappa shape index (κ3) is 4.20. The van der Waals surface area contributed by atoms with Gasteiger partial charge >= 0.3 is 0 Å². The quantitative estimate of drug-likeness (QED) is 0.460. The minimum atomic E-state index is -1.29. The van der Waals surface area contributed by atoms with E-state index in [2.05, 4.69) is 26.8 Å². The molecule has 0 atom stereocenters. The molecule has 1 aliphatic heterocycles. The highest BCUT2D eigenvalue weighted by molar-refractivity contribution is 8.19. The van der Waals surface area contributed by atoms with E-state index in [1.165, 1.54) is 17.9 Å². The van der Waals surface area contributed by atoms with Crippen LogP contribution in [0.2, 0.25) is 0 Å². The average Bonchev–Trinajstić information content (AvgIpc) is 2.13. The zero-order valence-corrected chi connectivity index (χ0v) is 13.6. The van der Waals surface area contributed by atoms with Gasteiger partial charge in [0.15, 0.2) is 0 Å². The monoisotopic (exact) mass is 318 g/mol. The number of rotatable bonds is 1. The minimum absolute atomic E-state index is 0.0230. The van der Waals surface area contributed by atoms with Gasteiger partial charge in [-0.15, -0.1) is 23.5 Å². The molecule has 0 spiro atoms. The Morgan fingerprint density at radius 2 is 1.56 bits per heavy atom. The summed E-state index contributed by atoms with van der Waals surface area (Å²) in [5, 5.41) is 0. The zero-order chi connectivity index (χ0) is 12.4. The second-order valence-electron chi connectivity index (χ2n) is 4.84. The molecule has 0 bridgehead atoms. The molecule has 1 aliphatic rings. The lowest BCUT2D eigenvalue weighted by molar-refractivity contribution is 0.407. The normalized spacial score (nSPS) is 22.6. The van der Waals surface area contributed by atoms with Crippen molar-refractivity contribution in [2.24, 2.45) is 5.41 Å². The van der Waals surface area contributed by atoms with Gasteiger partial charge in [-0.2, -0.15) is 0 Å². The number of alkyl halides is 3. The highest BCUT2D eigenvalue weighted by Crippen LogP contribution is 2.54. The molecule has 0 nitrogen and oxygen atoms in total. The molecule has 1 rings (SSSR count). The Balaban J connectivity index is 2.92. The predicted molar refractivity (Wildman–Crippen MR) is 81.1 cm³/mol. The Morgan fingerprint density at radius 3 is 1.94 bits per heavy atom. The van der Waals surface area contributed by atoms with Crippen LogP contribution in [0.25, 0.3) is 0 Å². The van der Waals surface area contributed by atoms with Gasteiger partial charge in [-0.3, -0.25) is 0 Å². The van der Waals surface area contributed by atoms with Crippen molar-refractivity contribution in [1.82, 2.24) is 0 Å². The van der Waals surface area contributed by atoms with Gasteiger partial charge in [0, 0.05) is 0 Å². The maximum atomic E-state index is 5.79. The maximum absolute atomic E-state index is 5.79. The van der Waals surface area contributed by atoms with Crippen LogP contribution in [0, 0.1) is 5.41 Å². The van der Waals surface area contributed by atoms with Gasteiger partial charge in [-0.1, -0.05) is 61.7 Å². The molecule has 0 radical (unpaired) electrons. The summed E-state index contributed by atoms with van der Waals surface area (Å²) in [6.07, 6.45) is 5.03. The van der Waals surface area contributed by atoms with E-state index in [1.54, 1.807) is 6.08 Å². The van der Waals surface area contributed by atoms with Crippen molar-refractivity contribution in [2.75, 3.05) is 11.5 Å². The van der Waals surface area contributed by atoms with E-state index in [1.807, 2.05) is 23.5 Å². The fourth-order valence-corrected chi connectivity index (χ4v) is 5.12. The van der Waals surface area contributed by atoms with Gasteiger partial charge in [0.25, 0.3) is 0 Å². The van der Waals surface area contributed by atoms with E-state index in [0.29, 0.717) is 0 Å². The Kier molecular flexibility index (Phi) is 5.30. The van der Waals surface area contributed by atoms with Crippen LogP contribution in [0.5, 0.6) is 0 Å². The first kappa shape index (κ1) is 15.4. The van der Waals surface area contributed by atoms with Crippen LogP contribution in [-0.2, 0) is 0 Å². The van der Waals surface area contributed by atoms with Gasteiger partial charge in [-0.25, -0.2) is 0 Å². The van der Waals surface area contributed by atoms with Gasteiger partial charge in [0.1, 0.15) is 0 Å². The molecule has 94 valence electrons. The van der Waals surface area contributed by atoms with Crippen molar-refractivity contribution in [1.29, 1.82) is 0 Å². The fourth-order valence-electron chi connectivity index (χ4n) is 1.53.